The number of rotatable bonds is 4. The molecule has 1 aromatic carbocycles. The van der Waals surface area contributed by atoms with Crippen molar-refractivity contribution in [1.29, 1.82) is 0 Å². The maximum Gasteiger partial charge on any atom is 0.224 e. The van der Waals surface area contributed by atoms with Crippen LogP contribution in [0.25, 0.3) is 0 Å². The predicted octanol–water partition coefficient (Wildman–Crippen LogP) is 1.69. The molecule has 1 aromatic rings. The summed E-state index contributed by atoms with van der Waals surface area (Å²) in [6.45, 7) is 0. The molecule has 4 nitrogen and oxygen atoms in total. The smallest absolute Gasteiger partial charge is 0.224 e. The topological polar surface area (TPSA) is 63.2 Å². The van der Waals surface area contributed by atoms with Gasteiger partial charge in [0.2, 0.25) is 5.91 Å². The van der Waals surface area contributed by atoms with Crippen molar-refractivity contribution in [2.24, 2.45) is 11.8 Å². The number of hydrogen-bond donors (Lipinski definition) is 1. The zero-order valence-electron chi connectivity index (χ0n) is 11.3. The van der Waals surface area contributed by atoms with Crippen molar-refractivity contribution in [2.45, 2.75) is 25.3 Å². The van der Waals surface area contributed by atoms with Crippen LogP contribution >= 0.6 is 0 Å². The van der Waals surface area contributed by atoms with Crippen LogP contribution < -0.4 is 5.32 Å². The molecule has 108 valence electrons. The molecule has 20 heavy (non-hydrogen) atoms. The molecule has 1 saturated carbocycles. The highest BCUT2D eigenvalue weighted by Gasteiger charge is 2.37. The summed E-state index contributed by atoms with van der Waals surface area (Å²) in [6, 6.07) is 9.97. The lowest BCUT2D eigenvalue weighted by Gasteiger charge is -2.20. The van der Waals surface area contributed by atoms with Crippen molar-refractivity contribution in [3.8, 4) is 0 Å². The molecule has 2 fully saturated rings. The number of carbonyl (C=O) groups is 1. The Balaban J connectivity index is 1.70. The molecule has 2 atom stereocenters. The number of sulfone groups is 1. The van der Waals surface area contributed by atoms with Crippen molar-refractivity contribution >= 4 is 15.7 Å². The Kier molecular flexibility index (Phi) is 3.54. The van der Waals surface area contributed by atoms with E-state index in [2.05, 4.69) is 5.32 Å². The average molecular weight is 293 g/mol. The molecule has 0 aromatic heterocycles. The molecule has 3 rings (SSSR count). The van der Waals surface area contributed by atoms with Crippen LogP contribution in [0.3, 0.4) is 0 Å². The number of hydrogen-bond acceptors (Lipinski definition) is 3. The summed E-state index contributed by atoms with van der Waals surface area (Å²) >= 11 is 0. The summed E-state index contributed by atoms with van der Waals surface area (Å²) in [5.41, 5.74) is 1.12. The van der Waals surface area contributed by atoms with Gasteiger partial charge in [-0.3, -0.25) is 4.79 Å². The van der Waals surface area contributed by atoms with Gasteiger partial charge in [-0.1, -0.05) is 30.3 Å². The summed E-state index contributed by atoms with van der Waals surface area (Å²) in [4.78, 5) is 12.3. The van der Waals surface area contributed by atoms with Gasteiger partial charge < -0.3 is 5.32 Å². The molecule has 5 heteroatoms. The fraction of sp³-hybridized carbons (Fsp3) is 0.533. The van der Waals surface area contributed by atoms with Gasteiger partial charge in [0, 0.05) is 0 Å². The second-order valence-corrected chi connectivity index (χ2v) is 8.06. The Bertz CT molecular complexity index is 593. The third-order valence-corrected chi connectivity index (χ3v) is 5.92. The summed E-state index contributed by atoms with van der Waals surface area (Å²) in [5.74, 6) is 0.173. The monoisotopic (exact) mass is 293 g/mol. The maximum atomic E-state index is 12.3. The van der Waals surface area contributed by atoms with Crippen molar-refractivity contribution in [1.82, 2.24) is 5.32 Å². The molecule has 1 N–H and O–H groups in total. The molecule has 1 aliphatic heterocycles. The Morgan fingerprint density at radius 3 is 2.40 bits per heavy atom. The van der Waals surface area contributed by atoms with Gasteiger partial charge in [-0.15, -0.1) is 0 Å². The van der Waals surface area contributed by atoms with Gasteiger partial charge in [0.25, 0.3) is 0 Å². The Morgan fingerprint density at radius 1 is 1.15 bits per heavy atom. The molecule has 1 amide bonds. The highest BCUT2D eigenvalue weighted by atomic mass is 32.2. The SMILES string of the molecule is O=C(NC(c1ccccc1)C1CC1)C1CCS(=O)(=O)C1. The van der Waals surface area contributed by atoms with Crippen LogP contribution in [-0.4, -0.2) is 25.8 Å². The molecule has 0 bridgehead atoms. The lowest BCUT2D eigenvalue weighted by molar-refractivity contribution is -0.125. The average Bonchev–Trinajstić information content (AvgIpc) is 3.20. The summed E-state index contributed by atoms with van der Waals surface area (Å²) in [6.07, 6.45) is 2.71. The predicted molar refractivity (Wildman–Crippen MR) is 76.8 cm³/mol. The number of nitrogens with one attached hydrogen (secondary N) is 1. The molecule has 0 radical (unpaired) electrons. The largest absolute Gasteiger partial charge is 0.349 e. The van der Waals surface area contributed by atoms with Gasteiger partial charge in [0.1, 0.15) is 0 Å². The molecule has 1 heterocycles. The fourth-order valence-electron chi connectivity index (χ4n) is 2.84. The third kappa shape index (κ3) is 3.03. The van der Waals surface area contributed by atoms with Gasteiger partial charge in [-0.2, -0.15) is 0 Å². The van der Waals surface area contributed by atoms with E-state index in [4.69, 9.17) is 0 Å². The Hall–Kier alpha value is -1.36. The van der Waals surface area contributed by atoms with E-state index in [1.54, 1.807) is 0 Å². The molecule has 2 unspecified atom stereocenters. The molecule has 1 aliphatic carbocycles. The summed E-state index contributed by atoms with van der Waals surface area (Å²) in [5, 5.41) is 3.07. The summed E-state index contributed by atoms with van der Waals surface area (Å²) in [7, 11) is -3.01. The first-order valence-corrected chi connectivity index (χ1v) is 8.93. The van der Waals surface area contributed by atoms with E-state index in [0.29, 0.717) is 12.3 Å². The quantitative estimate of drug-likeness (QED) is 0.919. The minimum atomic E-state index is -3.01. The number of amides is 1. The van der Waals surface area contributed by atoms with Crippen molar-refractivity contribution in [3.63, 3.8) is 0 Å². The second kappa shape index (κ2) is 5.20. The lowest BCUT2D eigenvalue weighted by atomic mass is 10.0. The van der Waals surface area contributed by atoms with E-state index in [9.17, 15) is 13.2 Å². The van der Waals surface area contributed by atoms with Gasteiger partial charge in [-0.05, 0) is 30.7 Å². The highest BCUT2D eigenvalue weighted by Crippen LogP contribution is 2.41. The molecule has 0 spiro atoms. The first kappa shape index (κ1) is 13.6. The van der Waals surface area contributed by atoms with Crippen LogP contribution in [0.1, 0.15) is 30.9 Å². The zero-order chi connectivity index (χ0) is 14.2. The minimum Gasteiger partial charge on any atom is -0.349 e. The minimum absolute atomic E-state index is 0.00497. The van der Waals surface area contributed by atoms with E-state index >= 15 is 0 Å². The zero-order valence-corrected chi connectivity index (χ0v) is 12.1. The van der Waals surface area contributed by atoms with Gasteiger partial charge in [0.05, 0.1) is 23.5 Å². The van der Waals surface area contributed by atoms with Crippen LogP contribution in [0.2, 0.25) is 0 Å². The maximum absolute atomic E-state index is 12.3. The van der Waals surface area contributed by atoms with Crippen LogP contribution in [0.4, 0.5) is 0 Å². The van der Waals surface area contributed by atoms with E-state index in [1.807, 2.05) is 30.3 Å². The molecular formula is C15H19NO3S. The third-order valence-electron chi connectivity index (χ3n) is 4.15. The van der Waals surface area contributed by atoms with Gasteiger partial charge in [0.15, 0.2) is 9.84 Å². The van der Waals surface area contributed by atoms with Crippen LogP contribution in [0.5, 0.6) is 0 Å². The highest BCUT2D eigenvalue weighted by molar-refractivity contribution is 7.91. The van der Waals surface area contributed by atoms with Crippen LogP contribution in [0, 0.1) is 11.8 Å². The van der Waals surface area contributed by atoms with Gasteiger partial charge in [-0.25, -0.2) is 8.42 Å². The van der Waals surface area contributed by atoms with Crippen LogP contribution in [-0.2, 0) is 14.6 Å². The van der Waals surface area contributed by atoms with Crippen molar-refractivity contribution in [2.75, 3.05) is 11.5 Å². The van der Waals surface area contributed by atoms with Gasteiger partial charge >= 0.3 is 0 Å². The molecular weight excluding hydrogens is 274 g/mol. The number of carbonyl (C=O) groups excluding carboxylic acids is 1. The fourth-order valence-corrected chi connectivity index (χ4v) is 4.58. The van der Waals surface area contributed by atoms with Crippen molar-refractivity contribution in [3.05, 3.63) is 35.9 Å². The van der Waals surface area contributed by atoms with E-state index < -0.39 is 9.84 Å². The van der Waals surface area contributed by atoms with E-state index in [0.717, 1.165) is 18.4 Å². The summed E-state index contributed by atoms with van der Waals surface area (Å²) < 4.78 is 22.9. The van der Waals surface area contributed by atoms with E-state index in [-0.39, 0.29) is 29.4 Å². The first-order chi connectivity index (χ1) is 9.55. The molecule has 2 aliphatic rings. The van der Waals surface area contributed by atoms with E-state index in [1.165, 1.54) is 0 Å². The Morgan fingerprint density at radius 2 is 1.85 bits per heavy atom. The van der Waals surface area contributed by atoms with Crippen LogP contribution in [0.15, 0.2) is 30.3 Å². The Labute approximate surface area is 119 Å². The first-order valence-electron chi connectivity index (χ1n) is 7.11. The molecule has 1 saturated heterocycles. The van der Waals surface area contributed by atoms with Crippen molar-refractivity contribution < 1.29 is 13.2 Å². The lowest BCUT2D eigenvalue weighted by Crippen LogP contribution is -2.35. The standard InChI is InChI=1S/C15H19NO3S/c17-15(13-8-9-20(18,19)10-13)16-14(12-6-7-12)11-4-2-1-3-5-11/h1-5,12-14H,6-10H2,(H,16,17). The second-order valence-electron chi connectivity index (χ2n) is 5.83. The normalized spacial score (nSPS) is 26.1. The number of benzene rings is 1.